The van der Waals surface area contributed by atoms with E-state index in [1.54, 1.807) is 0 Å². The van der Waals surface area contributed by atoms with E-state index in [1.165, 1.54) is 6.07 Å². The molecule has 0 fully saturated rings. The Labute approximate surface area is 88.9 Å². The summed E-state index contributed by atoms with van der Waals surface area (Å²) in [5.41, 5.74) is -1.04. The minimum absolute atomic E-state index is 0.0192. The van der Waals surface area contributed by atoms with Gasteiger partial charge in [-0.05, 0) is 17.7 Å². The number of aliphatic hydroxyl groups excluding tert-OH is 2. The lowest BCUT2D eigenvalue weighted by Gasteiger charge is -2.13. The van der Waals surface area contributed by atoms with E-state index in [-0.39, 0.29) is 5.56 Å². The molecule has 2 N–H and O–H groups in total. The molecule has 0 amide bonds. The maximum absolute atomic E-state index is 12.4. The van der Waals surface area contributed by atoms with Gasteiger partial charge in [0.1, 0.15) is 6.10 Å². The smallest absolute Gasteiger partial charge is 0.393 e. The molecule has 2 nitrogen and oxygen atoms in total. The quantitative estimate of drug-likeness (QED) is 0.833. The number of hydrogen-bond donors (Lipinski definition) is 2. The van der Waals surface area contributed by atoms with Gasteiger partial charge in [0.2, 0.25) is 0 Å². The predicted octanol–water partition coefficient (Wildman–Crippen LogP) is 2.38. The lowest BCUT2D eigenvalue weighted by atomic mass is 10.1. The van der Waals surface area contributed by atoms with Crippen LogP contribution < -0.4 is 0 Å². The van der Waals surface area contributed by atoms with Crippen LogP contribution in [0.4, 0.5) is 13.2 Å². The normalized spacial score (nSPS) is 14.0. The summed E-state index contributed by atoms with van der Waals surface area (Å²) in [6.45, 7) is -0.640. The zero-order chi connectivity index (χ0) is 11.6. The molecule has 0 aromatic heterocycles. The standard InChI is InChI=1S/C9H8ClF3O2/c10-7-2-1-5(8(15)4-14)3-6(7)9(11,12)13/h1-3,8,14-15H,4H2/t8-/m0/s1. The molecule has 0 spiro atoms. The molecule has 0 saturated carbocycles. The van der Waals surface area contributed by atoms with Gasteiger partial charge in [-0.25, -0.2) is 0 Å². The van der Waals surface area contributed by atoms with Crippen molar-refractivity contribution in [1.82, 2.24) is 0 Å². The van der Waals surface area contributed by atoms with Crippen molar-refractivity contribution in [3.8, 4) is 0 Å². The van der Waals surface area contributed by atoms with Crippen LogP contribution in [0, 0.1) is 0 Å². The Balaban J connectivity index is 3.17. The van der Waals surface area contributed by atoms with Gasteiger partial charge >= 0.3 is 6.18 Å². The third kappa shape index (κ3) is 2.84. The van der Waals surface area contributed by atoms with Crippen LogP contribution >= 0.6 is 11.6 Å². The molecular weight excluding hydrogens is 233 g/mol. The molecule has 1 rings (SSSR count). The number of alkyl halides is 3. The van der Waals surface area contributed by atoms with E-state index < -0.39 is 29.5 Å². The van der Waals surface area contributed by atoms with E-state index >= 15 is 0 Å². The Hall–Kier alpha value is -0.780. The van der Waals surface area contributed by atoms with Crippen molar-refractivity contribution in [3.63, 3.8) is 0 Å². The molecule has 84 valence electrons. The van der Waals surface area contributed by atoms with Gasteiger partial charge < -0.3 is 10.2 Å². The Bertz CT molecular complexity index is 352. The Kier molecular flexibility index (Phi) is 3.59. The number of benzene rings is 1. The molecular formula is C9H8ClF3O2. The zero-order valence-corrected chi connectivity index (χ0v) is 8.18. The van der Waals surface area contributed by atoms with E-state index in [9.17, 15) is 13.2 Å². The highest BCUT2D eigenvalue weighted by atomic mass is 35.5. The van der Waals surface area contributed by atoms with Crippen LogP contribution in [0.1, 0.15) is 17.2 Å². The van der Waals surface area contributed by atoms with Crippen LogP contribution in [-0.2, 0) is 6.18 Å². The van der Waals surface area contributed by atoms with Crippen LogP contribution in [-0.4, -0.2) is 16.8 Å². The molecule has 0 heterocycles. The van der Waals surface area contributed by atoms with Crippen molar-refractivity contribution in [3.05, 3.63) is 34.3 Å². The SMILES string of the molecule is OC[C@H](O)c1ccc(Cl)c(C(F)(F)F)c1. The van der Waals surface area contributed by atoms with Crippen LogP contribution in [0.3, 0.4) is 0 Å². The Morgan fingerprint density at radius 3 is 2.40 bits per heavy atom. The molecule has 0 radical (unpaired) electrons. The summed E-state index contributed by atoms with van der Waals surface area (Å²) in [6, 6.07) is 3.00. The molecule has 1 atom stereocenters. The maximum Gasteiger partial charge on any atom is 0.417 e. The van der Waals surface area contributed by atoms with Crippen molar-refractivity contribution >= 4 is 11.6 Å². The Morgan fingerprint density at radius 2 is 1.93 bits per heavy atom. The third-order valence-corrected chi connectivity index (χ3v) is 2.18. The van der Waals surface area contributed by atoms with E-state index in [1.807, 2.05) is 0 Å². The summed E-state index contributed by atoms with van der Waals surface area (Å²) in [5, 5.41) is 17.3. The number of aliphatic hydroxyl groups is 2. The lowest BCUT2D eigenvalue weighted by Crippen LogP contribution is -2.09. The second-order valence-corrected chi connectivity index (χ2v) is 3.34. The highest BCUT2D eigenvalue weighted by Crippen LogP contribution is 2.35. The average Bonchev–Trinajstić information content (AvgIpc) is 2.15. The van der Waals surface area contributed by atoms with Crippen LogP contribution in [0.15, 0.2) is 18.2 Å². The Morgan fingerprint density at radius 1 is 1.33 bits per heavy atom. The second kappa shape index (κ2) is 4.38. The van der Waals surface area contributed by atoms with Crippen molar-refractivity contribution in [2.45, 2.75) is 12.3 Å². The predicted molar refractivity (Wildman–Crippen MR) is 48.5 cm³/mol. The third-order valence-electron chi connectivity index (χ3n) is 1.85. The summed E-state index contributed by atoms with van der Waals surface area (Å²) < 4.78 is 37.1. The van der Waals surface area contributed by atoms with Gasteiger partial charge in [-0.15, -0.1) is 0 Å². The summed E-state index contributed by atoms with van der Waals surface area (Å²) in [5.74, 6) is 0. The largest absolute Gasteiger partial charge is 0.417 e. The summed E-state index contributed by atoms with van der Waals surface area (Å²) in [6.07, 6.45) is -5.90. The molecule has 0 saturated heterocycles. The fourth-order valence-electron chi connectivity index (χ4n) is 1.07. The fraction of sp³-hybridized carbons (Fsp3) is 0.333. The number of hydrogen-bond acceptors (Lipinski definition) is 2. The van der Waals surface area contributed by atoms with Crippen molar-refractivity contribution in [2.75, 3.05) is 6.61 Å². The summed E-state index contributed by atoms with van der Waals surface area (Å²) >= 11 is 5.36. The van der Waals surface area contributed by atoms with E-state index in [0.717, 1.165) is 12.1 Å². The van der Waals surface area contributed by atoms with Crippen molar-refractivity contribution < 1.29 is 23.4 Å². The highest BCUT2D eigenvalue weighted by molar-refractivity contribution is 6.31. The maximum atomic E-state index is 12.4. The fourth-order valence-corrected chi connectivity index (χ4v) is 1.30. The van der Waals surface area contributed by atoms with E-state index in [0.29, 0.717) is 0 Å². The topological polar surface area (TPSA) is 40.5 Å². The van der Waals surface area contributed by atoms with Crippen molar-refractivity contribution in [2.24, 2.45) is 0 Å². The van der Waals surface area contributed by atoms with E-state index in [4.69, 9.17) is 21.8 Å². The molecule has 0 aliphatic carbocycles. The average molecular weight is 241 g/mol. The van der Waals surface area contributed by atoms with Gasteiger partial charge in [0.15, 0.2) is 0 Å². The van der Waals surface area contributed by atoms with Crippen LogP contribution in [0.2, 0.25) is 5.02 Å². The first-order valence-electron chi connectivity index (χ1n) is 4.02. The number of rotatable bonds is 2. The molecule has 1 aromatic rings. The van der Waals surface area contributed by atoms with Gasteiger partial charge in [-0.3, -0.25) is 0 Å². The molecule has 1 aromatic carbocycles. The first kappa shape index (κ1) is 12.3. The molecule has 6 heteroatoms. The first-order chi connectivity index (χ1) is 6.86. The summed E-state index contributed by atoms with van der Waals surface area (Å²) in [7, 11) is 0. The monoisotopic (exact) mass is 240 g/mol. The van der Waals surface area contributed by atoms with Crippen LogP contribution in [0.5, 0.6) is 0 Å². The first-order valence-corrected chi connectivity index (χ1v) is 4.39. The van der Waals surface area contributed by atoms with Gasteiger partial charge in [0, 0.05) is 0 Å². The zero-order valence-electron chi connectivity index (χ0n) is 7.42. The van der Waals surface area contributed by atoms with Crippen molar-refractivity contribution in [1.29, 1.82) is 0 Å². The molecule has 0 bridgehead atoms. The molecule has 0 aliphatic rings. The number of halogens is 4. The minimum Gasteiger partial charge on any atom is -0.393 e. The summed E-state index contributed by atoms with van der Waals surface area (Å²) in [4.78, 5) is 0. The lowest BCUT2D eigenvalue weighted by molar-refractivity contribution is -0.137. The molecule has 0 aliphatic heterocycles. The highest BCUT2D eigenvalue weighted by Gasteiger charge is 2.33. The van der Waals surface area contributed by atoms with Gasteiger partial charge in [0.05, 0.1) is 17.2 Å². The van der Waals surface area contributed by atoms with E-state index in [2.05, 4.69) is 0 Å². The second-order valence-electron chi connectivity index (χ2n) is 2.94. The van der Waals surface area contributed by atoms with Gasteiger partial charge in [-0.1, -0.05) is 17.7 Å². The van der Waals surface area contributed by atoms with Gasteiger partial charge in [-0.2, -0.15) is 13.2 Å². The molecule has 0 unspecified atom stereocenters. The molecule has 15 heavy (non-hydrogen) atoms. The minimum atomic E-state index is -4.57. The van der Waals surface area contributed by atoms with Crippen LogP contribution in [0.25, 0.3) is 0 Å². The van der Waals surface area contributed by atoms with Gasteiger partial charge in [0.25, 0.3) is 0 Å².